The van der Waals surface area contributed by atoms with Gasteiger partial charge in [-0.2, -0.15) is 0 Å². The van der Waals surface area contributed by atoms with Crippen molar-refractivity contribution in [3.63, 3.8) is 0 Å². The predicted molar refractivity (Wildman–Crippen MR) is 98.3 cm³/mol. The quantitative estimate of drug-likeness (QED) is 0.865. The number of anilines is 1. The second kappa shape index (κ2) is 8.17. The van der Waals surface area contributed by atoms with E-state index in [2.05, 4.69) is 24.1 Å². The van der Waals surface area contributed by atoms with Crippen LogP contribution in [0.3, 0.4) is 0 Å². The Morgan fingerprint density at radius 3 is 2.56 bits per heavy atom. The van der Waals surface area contributed by atoms with Crippen molar-refractivity contribution in [2.45, 2.75) is 39.2 Å². The number of benzene rings is 1. The largest absolute Gasteiger partial charge is 0.360 e. The van der Waals surface area contributed by atoms with Crippen molar-refractivity contribution in [3.8, 4) is 0 Å². The number of nitrogens with zero attached hydrogens (tertiary/aromatic N) is 1. The van der Waals surface area contributed by atoms with E-state index in [0.717, 1.165) is 38.3 Å². The van der Waals surface area contributed by atoms with Gasteiger partial charge in [0.05, 0.1) is 26.2 Å². The van der Waals surface area contributed by atoms with Gasteiger partial charge in [-0.05, 0) is 42.5 Å². The van der Waals surface area contributed by atoms with Crippen molar-refractivity contribution in [1.29, 1.82) is 0 Å². The highest BCUT2D eigenvalue weighted by Gasteiger charge is 2.29. The Bertz CT molecular complexity index is 569. The van der Waals surface area contributed by atoms with Gasteiger partial charge in [0.2, 0.25) is 0 Å². The number of piperazine rings is 1. The number of rotatable bonds is 4. The lowest BCUT2D eigenvalue weighted by Crippen LogP contribution is -3.16. The minimum atomic E-state index is -0.198. The third-order valence-electron chi connectivity index (χ3n) is 6.13. The second-order valence-corrected chi connectivity index (χ2v) is 7.83. The molecule has 4 nitrogen and oxygen atoms in total. The number of carbonyl (C=O) groups excluding carboxylic acids is 1. The molecular weight excluding hydrogens is 317 g/mol. The molecular formula is C20H31FN3O+. The topological polar surface area (TPSA) is 36.8 Å². The molecule has 1 heterocycles. The van der Waals surface area contributed by atoms with Crippen molar-refractivity contribution in [3.05, 3.63) is 30.1 Å². The van der Waals surface area contributed by atoms with Gasteiger partial charge in [0.25, 0.3) is 5.91 Å². The van der Waals surface area contributed by atoms with E-state index in [1.807, 2.05) is 12.1 Å². The molecule has 138 valence electrons. The standard InChI is InChI=1S/C20H30FN3O/c1-15-4-3-5-19(16(15)2)22-20(25)14-23-10-12-24(13-11-23)18-8-6-17(21)7-9-18/h6-9,15-16,19H,3-5,10-14H2,1-2H3,(H,22,25)/p+1/t15-,16+,19-/m0/s1. The van der Waals surface area contributed by atoms with E-state index in [-0.39, 0.29) is 11.7 Å². The number of hydrogen-bond acceptors (Lipinski definition) is 2. The highest BCUT2D eigenvalue weighted by Crippen LogP contribution is 2.29. The van der Waals surface area contributed by atoms with E-state index in [4.69, 9.17) is 0 Å². The molecule has 5 heteroatoms. The fourth-order valence-electron chi connectivity index (χ4n) is 4.18. The minimum Gasteiger partial charge on any atom is -0.360 e. The average Bonchev–Trinajstić information content (AvgIpc) is 2.60. The lowest BCUT2D eigenvalue weighted by Gasteiger charge is -2.36. The first-order valence-corrected chi connectivity index (χ1v) is 9.66. The second-order valence-electron chi connectivity index (χ2n) is 7.83. The molecule has 0 spiro atoms. The molecule has 1 saturated carbocycles. The van der Waals surface area contributed by atoms with E-state index < -0.39 is 0 Å². The highest BCUT2D eigenvalue weighted by atomic mass is 19.1. The van der Waals surface area contributed by atoms with Crippen LogP contribution in [0.4, 0.5) is 10.1 Å². The van der Waals surface area contributed by atoms with Crippen molar-refractivity contribution in [2.75, 3.05) is 37.6 Å². The molecule has 2 N–H and O–H groups in total. The van der Waals surface area contributed by atoms with Gasteiger partial charge in [-0.1, -0.05) is 26.7 Å². The Hall–Kier alpha value is -1.62. The molecule has 0 aromatic heterocycles. The van der Waals surface area contributed by atoms with Crippen LogP contribution in [0.15, 0.2) is 24.3 Å². The van der Waals surface area contributed by atoms with Crippen LogP contribution >= 0.6 is 0 Å². The molecule has 1 aliphatic carbocycles. The molecule has 2 fully saturated rings. The summed E-state index contributed by atoms with van der Waals surface area (Å²) in [7, 11) is 0. The molecule has 1 saturated heterocycles. The van der Waals surface area contributed by atoms with Gasteiger partial charge in [0, 0.05) is 11.7 Å². The molecule has 0 bridgehead atoms. The van der Waals surface area contributed by atoms with Crippen LogP contribution in [0.2, 0.25) is 0 Å². The maximum atomic E-state index is 13.0. The van der Waals surface area contributed by atoms with Gasteiger partial charge in [0.1, 0.15) is 5.82 Å². The van der Waals surface area contributed by atoms with Crippen LogP contribution in [0, 0.1) is 17.7 Å². The van der Waals surface area contributed by atoms with Crippen LogP contribution in [-0.2, 0) is 4.79 Å². The first-order valence-electron chi connectivity index (χ1n) is 9.66. The summed E-state index contributed by atoms with van der Waals surface area (Å²) in [5.74, 6) is 1.26. The van der Waals surface area contributed by atoms with Gasteiger partial charge >= 0.3 is 0 Å². The smallest absolute Gasteiger partial charge is 0.275 e. The minimum absolute atomic E-state index is 0.191. The van der Waals surface area contributed by atoms with Crippen LogP contribution in [0.1, 0.15) is 33.1 Å². The normalized spacial score (nSPS) is 28.0. The molecule has 1 aromatic rings. The number of amides is 1. The van der Waals surface area contributed by atoms with Crippen LogP contribution in [-0.4, -0.2) is 44.7 Å². The lowest BCUT2D eigenvalue weighted by molar-refractivity contribution is -0.892. The van der Waals surface area contributed by atoms with E-state index in [9.17, 15) is 9.18 Å². The summed E-state index contributed by atoms with van der Waals surface area (Å²) in [6.07, 6.45) is 3.62. The van der Waals surface area contributed by atoms with E-state index in [1.165, 1.54) is 29.9 Å². The SMILES string of the molecule is C[C@H]1[C@@H](NC(=O)C[NH+]2CCN(c3ccc(F)cc3)CC2)CCC[C@@H]1C. The summed E-state index contributed by atoms with van der Waals surface area (Å²) in [6, 6.07) is 7.02. The molecule has 2 aliphatic rings. The molecule has 0 unspecified atom stereocenters. The maximum Gasteiger partial charge on any atom is 0.275 e. The van der Waals surface area contributed by atoms with Gasteiger partial charge in [-0.3, -0.25) is 4.79 Å². The van der Waals surface area contributed by atoms with Gasteiger partial charge < -0.3 is 15.1 Å². The Balaban J connectivity index is 1.44. The zero-order chi connectivity index (χ0) is 17.8. The van der Waals surface area contributed by atoms with Gasteiger partial charge in [-0.25, -0.2) is 4.39 Å². The molecule has 1 amide bonds. The fourth-order valence-corrected chi connectivity index (χ4v) is 4.18. The monoisotopic (exact) mass is 348 g/mol. The Morgan fingerprint density at radius 2 is 1.88 bits per heavy atom. The summed E-state index contributed by atoms with van der Waals surface area (Å²) < 4.78 is 13.0. The van der Waals surface area contributed by atoms with E-state index >= 15 is 0 Å². The van der Waals surface area contributed by atoms with Crippen LogP contribution in [0.5, 0.6) is 0 Å². The summed E-state index contributed by atoms with van der Waals surface area (Å²) in [5.41, 5.74) is 1.06. The zero-order valence-corrected chi connectivity index (χ0v) is 15.4. The fraction of sp³-hybridized carbons (Fsp3) is 0.650. The number of halogens is 1. The average molecular weight is 348 g/mol. The van der Waals surface area contributed by atoms with Gasteiger partial charge in [0.15, 0.2) is 6.54 Å². The van der Waals surface area contributed by atoms with Crippen molar-refractivity contribution < 1.29 is 14.1 Å². The van der Waals surface area contributed by atoms with Crippen LogP contribution < -0.4 is 15.1 Å². The summed E-state index contributed by atoms with van der Waals surface area (Å²) in [5, 5.41) is 3.28. The van der Waals surface area contributed by atoms with Crippen molar-refractivity contribution >= 4 is 11.6 Å². The number of quaternary nitrogens is 1. The maximum absolute atomic E-state index is 13.0. The summed E-state index contributed by atoms with van der Waals surface area (Å²) >= 11 is 0. The third kappa shape index (κ3) is 4.72. The lowest BCUT2D eigenvalue weighted by atomic mass is 9.78. The molecule has 1 aromatic carbocycles. The number of carbonyl (C=O) groups is 1. The van der Waals surface area contributed by atoms with E-state index in [1.54, 1.807) is 0 Å². The Morgan fingerprint density at radius 1 is 1.20 bits per heavy atom. The molecule has 3 rings (SSSR count). The molecule has 25 heavy (non-hydrogen) atoms. The Labute approximate surface area is 150 Å². The third-order valence-corrected chi connectivity index (χ3v) is 6.13. The number of hydrogen-bond donors (Lipinski definition) is 2. The molecule has 1 aliphatic heterocycles. The van der Waals surface area contributed by atoms with Crippen molar-refractivity contribution in [1.82, 2.24) is 5.32 Å². The first kappa shape index (κ1) is 18.2. The predicted octanol–water partition coefficient (Wildman–Crippen LogP) is 1.47. The van der Waals surface area contributed by atoms with Crippen molar-refractivity contribution in [2.24, 2.45) is 11.8 Å². The Kier molecular flexibility index (Phi) is 5.94. The molecule has 0 radical (unpaired) electrons. The zero-order valence-electron chi connectivity index (χ0n) is 15.4. The summed E-state index contributed by atoms with van der Waals surface area (Å²) in [4.78, 5) is 16.0. The van der Waals surface area contributed by atoms with Crippen LogP contribution in [0.25, 0.3) is 0 Å². The van der Waals surface area contributed by atoms with Gasteiger partial charge in [-0.15, -0.1) is 0 Å². The summed E-state index contributed by atoms with van der Waals surface area (Å²) in [6.45, 7) is 8.83. The van der Waals surface area contributed by atoms with E-state index in [0.29, 0.717) is 24.4 Å². The molecule has 3 atom stereocenters. The number of nitrogens with one attached hydrogen (secondary N) is 2. The highest BCUT2D eigenvalue weighted by molar-refractivity contribution is 5.77. The first-order chi connectivity index (χ1) is 12.0.